The number of aromatic nitrogens is 3. The van der Waals surface area contributed by atoms with Crippen LogP contribution in [0.2, 0.25) is 0 Å². The number of methoxy groups -OCH3 is 1. The molecule has 0 atom stereocenters. The third-order valence-electron chi connectivity index (χ3n) is 3.43. The summed E-state index contributed by atoms with van der Waals surface area (Å²) < 4.78 is 7.41. The van der Waals surface area contributed by atoms with Gasteiger partial charge in [0, 0.05) is 19.8 Å². The maximum atomic E-state index is 5.70. The third-order valence-corrected chi connectivity index (χ3v) is 3.43. The average molecular weight is 268 g/mol. The van der Waals surface area contributed by atoms with Crippen LogP contribution in [0.15, 0.2) is 36.7 Å². The van der Waals surface area contributed by atoms with Gasteiger partial charge in [0.05, 0.1) is 29.9 Å². The molecule has 0 amide bonds. The van der Waals surface area contributed by atoms with Crippen molar-refractivity contribution in [1.29, 1.82) is 0 Å². The summed E-state index contributed by atoms with van der Waals surface area (Å²) in [6, 6.07) is 7.97. The molecule has 102 valence electrons. The Kier molecular flexibility index (Phi) is 3.12. The molecule has 2 N–H and O–H groups in total. The van der Waals surface area contributed by atoms with E-state index < -0.39 is 0 Å². The molecule has 0 bridgehead atoms. The van der Waals surface area contributed by atoms with Crippen molar-refractivity contribution in [2.75, 3.05) is 7.11 Å². The van der Waals surface area contributed by atoms with Gasteiger partial charge in [0.2, 0.25) is 0 Å². The molecular weight excluding hydrogens is 252 g/mol. The number of aryl methyl sites for hydroxylation is 1. The molecule has 0 radical (unpaired) electrons. The van der Waals surface area contributed by atoms with Crippen LogP contribution in [0.5, 0.6) is 5.75 Å². The van der Waals surface area contributed by atoms with Gasteiger partial charge in [0.1, 0.15) is 11.6 Å². The monoisotopic (exact) mass is 268 g/mol. The SMILES string of the molecule is COc1cnccc1-c1nc2ccc(CN)cc2n1C. The summed E-state index contributed by atoms with van der Waals surface area (Å²) in [5, 5.41) is 0. The number of nitrogens with two attached hydrogens (primary N) is 1. The topological polar surface area (TPSA) is 66.0 Å². The number of ether oxygens (including phenoxy) is 1. The predicted molar refractivity (Wildman–Crippen MR) is 78.4 cm³/mol. The second kappa shape index (κ2) is 4.94. The first-order valence-corrected chi connectivity index (χ1v) is 6.38. The molecule has 20 heavy (non-hydrogen) atoms. The molecule has 2 aromatic heterocycles. The highest BCUT2D eigenvalue weighted by molar-refractivity contribution is 5.82. The van der Waals surface area contributed by atoms with Crippen LogP contribution < -0.4 is 10.5 Å². The molecule has 2 heterocycles. The minimum absolute atomic E-state index is 0.523. The lowest BCUT2D eigenvalue weighted by Crippen LogP contribution is -1.98. The van der Waals surface area contributed by atoms with Crippen molar-refractivity contribution >= 4 is 11.0 Å². The van der Waals surface area contributed by atoms with E-state index in [1.54, 1.807) is 19.5 Å². The Morgan fingerprint density at radius 2 is 2.15 bits per heavy atom. The van der Waals surface area contributed by atoms with Crippen molar-refractivity contribution in [1.82, 2.24) is 14.5 Å². The fraction of sp³-hybridized carbons (Fsp3) is 0.200. The van der Waals surface area contributed by atoms with E-state index in [0.29, 0.717) is 12.3 Å². The van der Waals surface area contributed by atoms with Gasteiger partial charge in [-0.3, -0.25) is 4.98 Å². The zero-order valence-electron chi connectivity index (χ0n) is 11.5. The zero-order valence-corrected chi connectivity index (χ0v) is 11.5. The second-order valence-corrected chi connectivity index (χ2v) is 4.60. The standard InChI is InChI=1S/C15H16N4O/c1-19-13-7-10(8-16)3-4-12(13)18-15(19)11-5-6-17-9-14(11)20-2/h3-7,9H,8,16H2,1-2H3. The van der Waals surface area contributed by atoms with Crippen molar-refractivity contribution in [2.45, 2.75) is 6.54 Å². The van der Waals surface area contributed by atoms with E-state index in [1.165, 1.54) is 0 Å². The molecule has 0 spiro atoms. The number of hydrogen-bond donors (Lipinski definition) is 1. The van der Waals surface area contributed by atoms with Crippen LogP contribution >= 0.6 is 0 Å². The lowest BCUT2D eigenvalue weighted by atomic mass is 10.2. The third kappa shape index (κ3) is 1.92. The number of hydrogen-bond acceptors (Lipinski definition) is 4. The van der Waals surface area contributed by atoms with Gasteiger partial charge in [-0.15, -0.1) is 0 Å². The highest BCUT2D eigenvalue weighted by atomic mass is 16.5. The van der Waals surface area contributed by atoms with E-state index in [1.807, 2.05) is 29.8 Å². The molecular formula is C15H16N4O. The van der Waals surface area contributed by atoms with Crippen LogP contribution in [0.3, 0.4) is 0 Å². The minimum atomic E-state index is 0.523. The van der Waals surface area contributed by atoms with E-state index in [9.17, 15) is 0 Å². The summed E-state index contributed by atoms with van der Waals surface area (Å²) >= 11 is 0. The maximum Gasteiger partial charge on any atom is 0.148 e. The molecule has 0 aliphatic carbocycles. The number of fused-ring (bicyclic) bond motifs is 1. The van der Waals surface area contributed by atoms with E-state index in [4.69, 9.17) is 10.5 Å². The highest BCUT2D eigenvalue weighted by Gasteiger charge is 2.14. The Hall–Kier alpha value is -2.40. The first kappa shape index (κ1) is 12.6. The molecule has 0 saturated carbocycles. The average Bonchev–Trinajstić information content (AvgIpc) is 2.83. The number of nitrogens with zero attached hydrogens (tertiary/aromatic N) is 3. The quantitative estimate of drug-likeness (QED) is 0.790. The van der Waals surface area contributed by atoms with Crippen LogP contribution in [0.1, 0.15) is 5.56 Å². The molecule has 5 nitrogen and oxygen atoms in total. The predicted octanol–water partition coefficient (Wildman–Crippen LogP) is 2.10. The molecule has 3 aromatic rings. The lowest BCUT2D eigenvalue weighted by Gasteiger charge is -2.07. The second-order valence-electron chi connectivity index (χ2n) is 4.60. The highest BCUT2D eigenvalue weighted by Crippen LogP contribution is 2.30. The Bertz CT molecular complexity index is 764. The van der Waals surface area contributed by atoms with Crippen molar-refractivity contribution < 1.29 is 4.74 Å². The summed E-state index contributed by atoms with van der Waals surface area (Å²) in [6.07, 6.45) is 3.43. The van der Waals surface area contributed by atoms with Crippen molar-refractivity contribution in [3.8, 4) is 17.1 Å². The summed E-state index contributed by atoms with van der Waals surface area (Å²) in [5.74, 6) is 1.57. The number of rotatable bonds is 3. The minimum Gasteiger partial charge on any atom is -0.494 e. The Balaban J connectivity index is 2.24. The molecule has 0 aliphatic rings. The summed E-state index contributed by atoms with van der Waals surface area (Å²) in [6.45, 7) is 0.523. The van der Waals surface area contributed by atoms with Gasteiger partial charge in [-0.1, -0.05) is 6.07 Å². The largest absolute Gasteiger partial charge is 0.494 e. The van der Waals surface area contributed by atoms with Gasteiger partial charge in [0.15, 0.2) is 0 Å². The fourth-order valence-corrected chi connectivity index (χ4v) is 2.33. The zero-order chi connectivity index (χ0) is 14.1. The van der Waals surface area contributed by atoms with E-state index in [2.05, 4.69) is 16.0 Å². The summed E-state index contributed by atoms with van der Waals surface area (Å²) in [5.41, 5.74) is 9.71. The van der Waals surface area contributed by atoms with Gasteiger partial charge >= 0.3 is 0 Å². The molecule has 1 aromatic carbocycles. The van der Waals surface area contributed by atoms with Crippen LogP contribution in [-0.2, 0) is 13.6 Å². The van der Waals surface area contributed by atoms with Crippen LogP contribution in [0, 0.1) is 0 Å². The first-order chi connectivity index (χ1) is 9.74. The Morgan fingerprint density at radius 3 is 2.90 bits per heavy atom. The number of imidazole rings is 1. The van der Waals surface area contributed by atoms with Crippen LogP contribution in [0.25, 0.3) is 22.4 Å². The molecule has 0 fully saturated rings. The Morgan fingerprint density at radius 1 is 1.30 bits per heavy atom. The fourth-order valence-electron chi connectivity index (χ4n) is 2.33. The smallest absolute Gasteiger partial charge is 0.148 e. The van der Waals surface area contributed by atoms with Gasteiger partial charge in [0.25, 0.3) is 0 Å². The molecule has 3 rings (SSSR count). The van der Waals surface area contributed by atoms with Crippen molar-refractivity contribution in [3.63, 3.8) is 0 Å². The Labute approximate surface area is 117 Å². The molecule has 5 heteroatoms. The molecule has 0 aliphatic heterocycles. The van der Waals surface area contributed by atoms with Crippen LogP contribution in [-0.4, -0.2) is 21.6 Å². The lowest BCUT2D eigenvalue weighted by molar-refractivity contribution is 0.414. The summed E-state index contributed by atoms with van der Waals surface area (Å²) in [7, 11) is 3.63. The number of pyridine rings is 1. The first-order valence-electron chi connectivity index (χ1n) is 6.38. The number of benzene rings is 1. The van der Waals surface area contributed by atoms with E-state index in [-0.39, 0.29) is 0 Å². The van der Waals surface area contributed by atoms with Gasteiger partial charge in [-0.25, -0.2) is 4.98 Å². The van der Waals surface area contributed by atoms with Crippen LogP contribution in [0.4, 0.5) is 0 Å². The van der Waals surface area contributed by atoms with Gasteiger partial charge < -0.3 is 15.0 Å². The summed E-state index contributed by atoms with van der Waals surface area (Å²) in [4.78, 5) is 8.75. The van der Waals surface area contributed by atoms with E-state index >= 15 is 0 Å². The van der Waals surface area contributed by atoms with Crippen molar-refractivity contribution in [3.05, 3.63) is 42.2 Å². The molecule has 0 unspecified atom stereocenters. The molecule has 0 saturated heterocycles. The van der Waals surface area contributed by atoms with Crippen molar-refractivity contribution in [2.24, 2.45) is 12.8 Å². The van der Waals surface area contributed by atoms with Gasteiger partial charge in [-0.05, 0) is 23.8 Å². The maximum absolute atomic E-state index is 5.70. The van der Waals surface area contributed by atoms with Gasteiger partial charge in [-0.2, -0.15) is 0 Å². The van der Waals surface area contributed by atoms with E-state index in [0.717, 1.165) is 28.0 Å². The normalized spacial score (nSPS) is 10.9.